The van der Waals surface area contributed by atoms with E-state index in [4.69, 9.17) is 0 Å². The van der Waals surface area contributed by atoms with Gasteiger partial charge in [0.25, 0.3) is 0 Å². The number of hydrogen-bond acceptors (Lipinski definition) is 0. The van der Waals surface area contributed by atoms with Crippen molar-refractivity contribution in [3.63, 3.8) is 0 Å². The molecular weight excluding hydrogens is 192 g/mol. The van der Waals surface area contributed by atoms with Crippen LogP contribution in [0, 0.1) is 11.3 Å². The molecule has 1 rings (SSSR count). The molecule has 0 nitrogen and oxygen atoms in total. The molecule has 1 atom stereocenters. The first-order chi connectivity index (χ1) is 7.26. The van der Waals surface area contributed by atoms with Gasteiger partial charge in [0.2, 0.25) is 0 Å². The van der Waals surface area contributed by atoms with E-state index in [9.17, 15) is 0 Å². The molecule has 0 radical (unpaired) electrons. The van der Waals surface area contributed by atoms with Gasteiger partial charge < -0.3 is 0 Å². The summed E-state index contributed by atoms with van der Waals surface area (Å²) < 4.78 is 0. The minimum atomic E-state index is 0.277. The van der Waals surface area contributed by atoms with Crippen molar-refractivity contribution in [2.24, 2.45) is 11.3 Å². The molecule has 0 heterocycles. The Balaban J connectivity index is 3.08. The molecule has 0 aliphatic heterocycles. The fraction of sp³-hybridized carbons (Fsp3) is 0.625. The monoisotopic (exact) mass is 218 g/mol. The molecular formula is C16H26. The third kappa shape index (κ3) is 3.10. The molecule has 1 unspecified atom stereocenters. The highest BCUT2D eigenvalue weighted by molar-refractivity contribution is 5.25. The number of hydrogen-bond donors (Lipinski definition) is 0. The van der Waals surface area contributed by atoms with Crippen LogP contribution in [0.5, 0.6) is 0 Å². The van der Waals surface area contributed by atoms with Crippen molar-refractivity contribution >= 4 is 0 Å². The highest BCUT2D eigenvalue weighted by Crippen LogP contribution is 2.41. The van der Waals surface area contributed by atoms with Crippen LogP contribution < -0.4 is 0 Å². The van der Waals surface area contributed by atoms with Crippen LogP contribution in [0.2, 0.25) is 0 Å². The fourth-order valence-electron chi connectivity index (χ4n) is 2.56. The van der Waals surface area contributed by atoms with Crippen molar-refractivity contribution in [2.45, 2.75) is 53.4 Å². The third-order valence-corrected chi connectivity index (χ3v) is 3.61. The van der Waals surface area contributed by atoms with E-state index in [1.807, 2.05) is 0 Å². The van der Waals surface area contributed by atoms with Gasteiger partial charge in [-0.3, -0.25) is 0 Å². The normalized spacial score (nSPS) is 16.2. The Morgan fingerprint density at radius 1 is 0.938 bits per heavy atom. The minimum absolute atomic E-state index is 0.277. The minimum Gasteiger partial charge on any atom is -0.0622 e. The largest absolute Gasteiger partial charge is 0.0622 e. The summed E-state index contributed by atoms with van der Waals surface area (Å²) in [5.41, 5.74) is 2.12. The third-order valence-electron chi connectivity index (χ3n) is 3.61. The van der Waals surface area contributed by atoms with E-state index >= 15 is 0 Å². The molecule has 16 heavy (non-hydrogen) atoms. The van der Waals surface area contributed by atoms with Crippen molar-refractivity contribution < 1.29 is 0 Å². The van der Waals surface area contributed by atoms with Gasteiger partial charge in [0.1, 0.15) is 0 Å². The highest BCUT2D eigenvalue weighted by Gasteiger charge is 2.34. The van der Waals surface area contributed by atoms with Gasteiger partial charge in [-0.1, -0.05) is 71.9 Å². The van der Waals surface area contributed by atoms with E-state index in [2.05, 4.69) is 71.9 Å². The van der Waals surface area contributed by atoms with E-state index in [1.165, 1.54) is 12.0 Å². The summed E-state index contributed by atoms with van der Waals surface area (Å²) in [7, 11) is 0. The summed E-state index contributed by atoms with van der Waals surface area (Å²) in [6, 6.07) is 10.9. The Kier molecular flexibility index (Phi) is 3.83. The quantitative estimate of drug-likeness (QED) is 0.667. The molecule has 0 aliphatic carbocycles. The summed E-state index contributed by atoms with van der Waals surface area (Å²) in [4.78, 5) is 0. The topological polar surface area (TPSA) is 0 Å². The average molecular weight is 218 g/mol. The first kappa shape index (κ1) is 13.3. The average Bonchev–Trinajstić information content (AvgIpc) is 2.16. The van der Waals surface area contributed by atoms with Crippen molar-refractivity contribution in [3.05, 3.63) is 35.9 Å². The fourth-order valence-corrected chi connectivity index (χ4v) is 2.56. The number of rotatable bonds is 3. The Bertz CT molecular complexity index is 316. The van der Waals surface area contributed by atoms with Crippen LogP contribution in [0.3, 0.4) is 0 Å². The zero-order valence-corrected chi connectivity index (χ0v) is 11.7. The molecule has 0 spiro atoms. The van der Waals surface area contributed by atoms with Crippen LogP contribution in [-0.4, -0.2) is 0 Å². The molecule has 1 aromatic carbocycles. The van der Waals surface area contributed by atoms with Gasteiger partial charge in [-0.15, -0.1) is 0 Å². The molecule has 0 fully saturated rings. The van der Waals surface area contributed by atoms with E-state index in [0.29, 0.717) is 11.3 Å². The molecule has 0 saturated carbocycles. The smallest absolute Gasteiger partial charge is 0.00473 e. The molecule has 90 valence electrons. The van der Waals surface area contributed by atoms with Crippen LogP contribution in [0.4, 0.5) is 0 Å². The van der Waals surface area contributed by atoms with E-state index < -0.39 is 0 Å². The van der Waals surface area contributed by atoms with Crippen LogP contribution in [0.25, 0.3) is 0 Å². The SMILES string of the molecule is CC(C)C(C)(CC(C)(C)C)c1ccccc1. The lowest BCUT2D eigenvalue weighted by Crippen LogP contribution is -2.33. The first-order valence-corrected chi connectivity index (χ1v) is 6.31. The van der Waals surface area contributed by atoms with E-state index in [1.54, 1.807) is 0 Å². The van der Waals surface area contributed by atoms with Gasteiger partial charge in [-0.05, 0) is 28.7 Å². The summed E-state index contributed by atoms with van der Waals surface area (Å²) in [5.74, 6) is 0.661. The Morgan fingerprint density at radius 3 is 1.81 bits per heavy atom. The molecule has 0 amide bonds. The second kappa shape index (κ2) is 4.61. The van der Waals surface area contributed by atoms with Gasteiger partial charge in [-0.2, -0.15) is 0 Å². The summed E-state index contributed by atoms with van der Waals surface area (Å²) in [5, 5.41) is 0. The Hall–Kier alpha value is -0.780. The standard InChI is InChI=1S/C16H26/c1-13(2)16(6,12-15(3,4)5)14-10-8-7-9-11-14/h7-11,13H,12H2,1-6H3. The van der Waals surface area contributed by atoms with Crippen molar-refractivity contribution in [1.29, 1.82) is 0 Å². The predicted molar refractivity (Wildman–Crippen MR) is 72.7 cm³/mol. The van der Waals surface area contributed by atoms with E-state index in [0.717, 1.165) is 0 Å². The molecule has 0 heteroatoms. The maximum Gasteiger partial charge on any atom is -0.00473 e. The lowest BCUT2D eigenvalue weighted by molar-refractivity contribution is 0.212. The van der Waals surface area contributed by atoms with Gasteiger partial charge in [-0.25, -0.2) is 0 Å². The highest BCUT2D eigenvalue weighted by atomic mass is 14.4. The lowest BCUT2D eigenvalue weighted by atomic mass is 9.65. The maximum absolute atomic E-state index is 2.40. The summed E-state index contributed by atoms with van der Waals surface area (Å²) in [6.07, 6.45) is 1.22. The van der Waals surface area contributed by atoms with Crippen molar-refractivity contribution in [1.82, 2.24) is 0 Å². The van der Waals surface area contributed by atoms with Crippen LogP contribution in [-0.2, 0) is 5.41 Å². The number of benzene rings is 1. The maximum atomic E-state index is 2.40. The second-order valence-electron chi connectivity index (χ2n) is 6.68. The predicted octanol–water partition coefficient (Wildman–Crippen LogP) is 5.04. The molecule has 1 aromatic rings. The molecule has 0 bridgehead atoms. The second-order valence-corrected chi connectivity index (χ2v) is 6.68. The van der Waals surface area contributed by atoms with Crippen LogP contribution in [0.15, 0.2) is 30.3 Å². The summed E-state index contributed by atoms with van der Waals surface area (Å²) >= 11 is 0. The van der Waals surface area contributed by atoms with Crippen molar-refractivity contribution in [3.8, 4) is 0 Å². The van der Waals surface area contributed by atoms with Gasteiger partial charge in [0.05, 0.1) is 0 Å². The Labute approximate surface area is 101 Å². The zero-order valence-electron chi connectivity index (χ0n) is 11.7. The van der Waals surface area contributed by atoms with Crippen molar-refractivity contribution in [2.75, 3.05) is 0 Å². The zero-order chi connectivity index (χ0) is 12.4. The molecule has 0 N–H and O–H groups in total. The first-order valence-electron chi connectivity index (χ1n) is 6.31. The van der Waals surface area contributed by atoms with Gasteiger partial charge in [0.15, 0.2) is 0 Å². The molecule has 0 aliphatic rings. The molecule has 0 aromatic heterocycles. The Morgan fingerprint density at radius 2 is 1.44 bits per heavy atom. The molecule has 0 saturated heterocycles. The van der Waals surface area contributed by atoms with Crippen LogP contribution >= 0.6 is 0 Å². The van der Waals surface area contributed by atoms with Crippen LogP contribution in [0.1, 0.15) is 53.5 Å². The lowest BCUT2D eigenvalue weighted by Gasteiger charge is -2.39. The van der Waals surface area contributed by atoms with Gasteiger partial charge in [0, 0.05) is 0 Å². The van der Waals surface area contributed by atoms with Gasteiger partial charge >= 0.3 is 0 Å². The summed E-state index contributed by atoms with van der Waals surface area (Å²) in [6.45, 7) is 14.1. The van der Waals surface area contributed by atoms with E-state index in [-0.39, 0.29) is 5.41 Å².